The number of benzene rings is 2. The van der Waals surface area contributed by atoms with Crippen LogP contribution >= 0.6 is 35.0 Å². The fourth-order valence-electron chi connectivity index (χ4n) is 2.85. The smallest absolute Gasteiger partial charge is 0.234 e. The Balaban J connectivity index is 1.61. The monoisotopic (exact) mass is 490 g/mol. The lowest BCUT2D eigenvalue weighted by molar-refractivity contribution is -0.113. The van der Waals surface area contributed by atoms with Crippen LogP contribution in [0.5, 0.6) is 5.75 Å². The molecule has 1 aromatic heterocycles. The molecule has 0 aliphatic rings. The number of nitrogens with zero attached hydrogens (tertiary/aromatic N) is 3. The molecule has 0 radical (unpaired) electrons. The molecule has 0 fully saturated rings. The van der Waals surface area contributed by atoms with Crippen LogP contribution in [-0.4, -0.2) is 26.4 Å². The minimum Gasteiger partial charge on any atom is -0.484 e. The van der Waals surface area contributed by atoms with E-state index in [-0.39, 0.29) is 18.3 Å². The van der Waals surface area contributed by atoms with E-state index in [0.717, 1.165) is 5.69 Å². The Bertz CT molecular complexity index is 1080. The number of halogens is 2. The molecule has 0 bridgehead atoms. The molecule has 6 nitrogen and oxygen atoms in total. The number of amides is 1. The van der Waals surface area contributed by atoms with Crippen LogP contribution in [0.25, 0.3) is 0 Å². The first-order chi connectivity index (χ1) is 15.4. The molecule has 168 valence electrons. The van der Waals surface area contributed by atoms with E-state index >= 15 is 0 Å². The van der Waals surface area contributed by atoms with Crippen LogP contribution in [0, 0.1) is 0 Å². The zero-order valence-electron chi connectivity index (χ0n) is 17.8. The van der Waals surface area contributed by atoms with Crippen molar-refractivity contribution >= 4 is 46.6 Å². The van der Waals surface area contributed by atoms with E-state index in [2.05, 4.69) is 35.9 Å². The first-order valence-corrected chi connectivity index (χ1v) is 11.7. The predicted molar refractivity (Wildman–Crippen MR) is 131 cm³/mol. The summed E-state index contributed by atoms with van der Waals surface area (Å²) < 4.78 is 7.62. The molecule has 3 aromatic rings. The molecular weight excluding hydrogens is 467 g/mol. The maximum absolute atomic E-state index is 12.4. The van der Waals surface area contributed by atoms with Gasteiger partial charge >= 0.3 is 0 Å². The van der Waals surface area contributed by atoms with Gasteiger partial charge in [0.1, 0.15) is 12.4 Å². The van der Waals surface area contributed by atoms with Crippen molar-refractivity contribution in [2.45, 2.75) is 38.1 Å². The van der Waals surface area contributed by atoms with Gasteiger partial charge in [-0.05, 0) is 35.7 Å². The topological polar surface area (TPSA) is 69.0 Å². The average molecular weight is 491 g/mol. The van der Waals surface area contributed by atoms with Gasteiger partial charge in [0, 0.05) is 23.3 Å². The van der Waals surface area contributed by atoms with Gasteiger partial charge in [-0.25, -0.2) is 0 Å². The van der Waals surface area contributed by atoms with Crippen molar-refractivity contribution in [2.24, 2.45) is 0 Å². The lowest BCUT2D eigenvalue weighted by Crippen LogP contribution is -2.15. The van der Waals surface area contributed by atoms with Crippen LogP contribution in [0.4, 0.5) is 5.69 Å². The van der Waals surface area contributed by atoms with Crippen LogP contribution in [0.3, 0.4) is 0 Å². The summed E-state index contributed by atoms with van der Waals surface area (Å²) in [7, 11) is 0. The maximum atomic E-state index is 12.4. The summed E-state index contributed by atoms with van der Waals surface area (Å²) >= 11 is 13.5. The third-order valence-electron chi connectivity index (χ3n) is 4.55. The van der Waals surface area contributed by atoms with E-state index in [0.29, 0.717) is 39.2 Å². The average Bonchev–Trinajstić information content (AvgIpc) is 3.15. The Morgan fingerprint density at radius 3 is 2.66 bits per heavy atom. The maximum Gasteiger partial charge on any atom is 0.234 e. The highest BCUT2D eigenvalue weighted by molar-refractivity contribution is 7.99. The van der Waals surface area contributed by atoms with Gasteiger partial charge < -0.3 is 10.1 Å². The number of thioether (sulfide) groups is 1. The minimum absolute atomic E-state index is 0.121. The van der Waals surface area contributed by atoms with Crippen LogP contribution < -0.4 is 10.1 Å². The van der Waals surface area contributed by atoms with Crippen molar-refractivity contribution < 1.29 is 9.53 Å². The molecule has 1 N–H and O–H groups in total. The summed E-state index contributed by atoms with van der Waals surface area (Å²) in [5.74, 6) is 1.57. The summed E-state index contributed by atoms with van der Waals surface area (Å²) in [6.07, 6.45) is 1.74. The molecule has 3 rings (SSSR count). The molecule has 32 heavy (non-hydrogen) atoms. The first kappa shape index (κ1) is 24.2. The molecule has 0 unspecified atom stereocenters. The third kappa shape index (κ3) is 6.51. The number of aromatic nitrogens is 3. The number of nitrogens with one attached hydrogen (secondary N) is 1. The quantitative estimate of drug-likeness (QED) is 0.270. The SMILES string of the molecule is C=CCn1c(COc2cc(Cl)ccc2Cl)nnc1SCC(=O)Nc1ccc(C(C)C)cc1. The largest absolute Gasteiger partial charge is 0.484 e. The second kappa shape index (κ2) is 11.4. The summed E-state index contributed by atoms with van der Waals surface area (Å²) in [5, 5.41) is 12.9. The Morgan fingerprint density at radius 1 is 1.22 bits per heavy atom. The molecule has 0 saturated heterocycles. The fraction of sp³-hybridized carbons (Fsp3) is 0.261. The first-order valence-electron chi connectivity index (χ1n) is 10.0. The lowest BCUT2D eigenvalue weighted by atomic mass is 10.0. The van der Waals surface area contributed by atoms with Gasteiger partial charge in [-0.2, -0.15) is 0 Å². The van der Waals surface area contributed by atoms with E-state index < -0.39 is 0 Å². The normalized spacial score (nSPS) is 10.9. The molecule has 1 heterocycles. The Hall–Kier alpha value is -2.48. The Kier molecular flexibility index (Phi) is 8.61. The zero-order chi connectivity index (χ0) is 23.1. The van der Waals surface area contributed by atoms with Crippen LogP contribution in [0.15, 0.2) is 60.3 Å². The second-order valence-corrected chi connectivity index (χ2v) is 9.06. The molecule has 9 heteroatoms. The number of hydrogen-bond donors (Lipinski definition) is 1. The number of ether oxygens (including phenoxy) is 1. The van der Waals surface area contributed by atoms with Crippen LogP contribution in [-0.2, 0) is 17.9 Å². The van der Waals surface area contributed by atoms with Crippen molar-refractivity contribution in [1.82, 2.24) is 14.8 Å². The Labute approximate surface area is 202 Å². The highest BCUT2D eigenvalue weighted by atomic mass is 35.5. The number of anilines is 1. The standard InChI is InChI=1S/C23H24Cl2N4O2S/c1-4-11-29-21(13-31-20-12-17(24)7-10-19(20)25)27-28-23(29)32-14-22(30)26-18-8-5-16(6-9-18)15(2)3/h4-10,12,15H,1,11,13-14H2,2-3H3,(H,26,30). The van der Waals surface area contributed by atoms with Crippen LogP contribution in [0.2, 0.25) is 10.0 Å². The third-order valence-corrected chi connectivity index (χ3v) is 6.06. The number of carbonyl (C=O) groups is 1. The van der Waals surface area contributed by atoms with E-state index in [1.807, 2.05) is 28.8 Å². The second-order valence-electron chi connectivity index (χ2n) is 7.28. The van der Waals surface area contributed by atoms with Crippen molar-refractivity contribution in [3.8, 4) is 5.75 Å². The van der Waals surface area contributed by atoms with Crippen molar-refractivity contribution in [3.63, 3.8) is 0 Å². The number of allylic oxidation sites excluding steroid dienone is 1. The predicted octanol–water partition coefficient (Wildman–Crippen LogP) is 6.20. The van der Waals surface area contributed by atoms with E-state index in [1.54, 1.807) is 24.3 Å². The van der Waals surface area contributed by atoms with E-state index in [9.17, 15) is 4.79 Å². The van der Waals surface area contributed by atoms with Gasteiger partial charge in [0.25, 0.3) is 0 Å². The van der Waals surface area contributed by atoms with Crippen LogP contribution in [0.1, 0.15) is 31.2 Å². The van der Waals surface area contributed by atoms with Crippen molar-refractivity contribution in [2.75, 3.05) is 11.1 Å². The molecule has 2 aromatic carbocycles. The van der Waals surface area contributed by atoms with E-state index in [4.69, 9.17) is 27.9 Å². The van der Waals surface area contributed by atoms with Crippen molar-refractivity contribution in [1.29, 1.82) is 0 Å². The molecule has 0 aliphatic heterocycles. The van der Waals surface area contributed by atoms with Gasteiger partial charge in [-0.15, -0.1) is 16.8 Å². The Morgan fingerprint density at radius 2 is 1.97 bits per heavy atom. The van der Waals surface area contributed by atoms with Gasteiger partial charge in [0.15, 0.2) is 11.0 Å². The lowest BCUT2D eigenvalue weighted by Gasteiger charge is -2.11. The molecule has 1 amide bonds. The zero-order valence-corrected chi connectivity index (χ0v) is 20.2. The van der Waals surface area contributed by atoms with E-state index in [1.165, 1.54) is 17.3 Å². The van der Waals surface area contributed by atoms with Gasteiger partial charge in [0.05, 0.1) is 10.8 Å². The fourth-order valence-corrected chi connectivity index (χ4v) is 3.95. The molecular formula is C23H24Cl2N4O2S. The molecule has 0 saturated carbocycles. The highest BCUT2D eigenvalue weighted by Gasteiger charge is 2.15. The van der Waals surface area contributed by atoms with Gasteiger partial charge in [0.2, 0.25) is 5.91 Å². The van der Waals surface area contributed by atoms with Gasteiger partial charge in [-0.1, -0.05) is 67.0 Å². The summed E-state index contributed by atoms with van der Waals surface area (Å²) in [6.45, 7) is 8.68. The number of rotatable bonds is 10. The summed E-state index contributed by atoms with van der Waals surface area (Å²) in [6, 6.07) is 12.9. The molecule has 0 aliphatic carbocycles. The minimum atomic E-state index is -0.121. The highest BCUT2D eigenvalue weighted by Crippen LogP contribution is 2.28. The summed E-state index contributed by atoms with van der Waals surface area (Å²) in [5.41, 5.74) is 1.99. The summed E-state index contributed by atoms with van der Waals surface area (Å²) in [4.78, 5) is 12.4. The number of carbonyl (C=O) groups excluding carboxylic acids is 1. The van der Waals surface area contributed by atoms with Gasteiger partial charge in [-0.3, -0.25) is 9.36 Å². The van der Waals surface area contributed by atoms with Crippen molar-refractivity contribution in [3.05, 3.63) is 76.6 Å². The number of hydrogen-bond acceptors (Lipinski definition) is 5. The molecule has 0 spiro atoms. The molecule has 0 atom stereocenters.